The Bertz CT molecular complexity index is 357. The minimum Gasteiger partial charge on any atom is -0.480 e. The van der Waals surface area contributed by atoms with Crippen LogP contribution in [0.25, 0.3) is 0 Å². The van der Waals surface area contributed by atoms with Gasteiger partial charge >= 0.3 is 5.97 Å². The van der Waals surface area contributed by atoms with Gasteiger partial charge in [0.2, 0.25) is 0 Å². The summed E-state index contributed by atoms with van der Waals surface area (Å²) in [5.74, 6) is -0.864. The Morgan fingerprint density at radius 2 is 2.31 bits per heavy atom. The normalized spacial score (nSPS) is 18.6. The molecule has 0 spiro atoms. The molecule has 0 aromatic rings. The number of allylic oxidation sites excluding steroid dienone is 1. The molecule has 0 radical (unpaired) electrons. The Kier molecular flexibility index (Phi) is 5.24. The van der Waals surface area contributed by atoms with Gasteiger partial charge in [-0.1, -0.05) is 30.1 Å². The first-order valence-electron chi connectivity index (χ1n) is 4.58. The standard InChI is InChI=1S/C9H10ClNO3S2/c10-4-2-1-3-6-8(14)11(5-7(12)13)9(15)16-6/h3H,1-2,4-5H2,(H,12,13). The van der Waals surface area contributed by atoms with E-state index < -0.39 is 5.97 Å². The molecule has 88 valence electrons. The molecule has 0 aliphatic carbocycles. The van der Waals surface area contributed by atoms with Crippen LogP contribution in [0.2, 0.25) is 0 Å². The molecule has 1 saturated heterocycles. The van der Waals surface area contributed by atoms with Crippen molar-refractivity contribution in [3.05, 3.63) is 11.0 Å². The molecule has 0 aromatic heterocycles. The molecule has 0 bridgehead atoms. The molecular weight excluding hydrogens is 270 g/mol. The predicted octanol–water partition coefficient (Wildman–Crippen LogP) is 1.83. The number of nitrogens with zero attached hydrogens (tertiary/aromatic N) is 1. The third-order valence-corrected chi connectivity index (χ3v) is 3.53. The minimum atomic E-state index is -1.07. The van der Waals surface area contributed by atoms with Gasteiger partial charge in [0.15, 0.2) is 0 Å². The van der Waals surface area contributed by atoms with E-state index in [0.717, 1.165) is 23.1 Å². The Hall–Kier alpha value is -0.590. The first kappa shape index (κ1) is 13.5. The second-order valence-electron chi connectivity index (χ2n) is 3.05. The molecule has 7 heteroatoms. The van der Waals surface area contributed by atoms with E-state index in [-0.39, 0.29) is 12.5 Å². The summed E-state index contributed by atoms with van der Waals surface area (Å²) < 4.78 is 0.296. The van der Waals surface area contributed by atoms with Gasteiger partial charge in [-0.3, -0.25) is 14.5 Å². The summed E-state index contributed by atoms with van der Waals surface area (Å²) in [5, 5.41) is 8.61. The van der Waals surface area contributed by atoms with Crippen molar-refractivity contribution in [2.75, 3.05) is 12.4 Å². The molecule has 0 aromatic carbocycles. The molecule has 1 N–H and O–H groups in total. The highest BCUT2D eigenvalue weighted by molar-refractivity contribution is 8.26. The SMILES string of the molecule is O=C(O)CN1C(=O)C(=CCCCCl)SC1=S. The van der Waals surface area contributed by atoms with Crippen molar-refractivity contribution in [2.24, 2.45) is 0 Å². The maximum Gasteiger partial charge on any atom is 0.323 e. The first-order valence-corrected chi connectivity index (χ1v) is 6.33. The zero-order valence-corrected chi connectivity index (χ0v) is 10.7. The monoisotopic (exact) mass is 279 g/mol. The number of carboxylic acids is 1. The summed E-state index contributed by atoms with van der Waals surface area (Å²) in [7, 11) is 0. The van der Waals surface area contributed by atoms with Crippen molar-refractivity contribution < 1.29 is 14.7 Å². The second-order valence-corrected chi connectivity index (χ2v) is 5.11. The average Bonchev–Trinajstić information content (AvgIpc) is 2.46. The van der Waals surface area contributed by atoms with Gasteiger partial charge in [0, 0.05) is 5.88 Å². The number of thiocarbonyl (C=S) groups is 1. The van der Waals surface area contributed by atoms with Gasteiger partial charge in [-0.05, 0) is 12.8 Å². The molecule has 0 atom stereocenters. The summed E-state index contributed by atoms with van der Waals surface area (Å²) in [6, 6.07) is 0. The molecule has 1 aliphatic rings. The van der Waals surface area contributed by atoms with Gasteiger partial charge in [0.05, 0.1) is 4.91 Å². The predicted molar refractivity (Wildman–Crippen MR) is 67.6 cm³/mol. The number of hydrogen-bond donors (Lipinski definition) is 1. The molecule has 1 fully saturated rings. The van der Waals surface area contributed by atoms with E-state index in [2.05, 4.69) is 0 Å². The number of carbonyl (C=O) groups excluding carboxylic acids is 1. The van der Waals surface area contributed by atoms with Crippen molar-refractivity contribution >= 4 is 51.8 Å². The number of hydrogen-bond acceptors (Lipinski definition) is 4. The topological polar surface area (TPSA) is 57.6 Å². The Labute approximate surface area is 108 Å². The van der Waals surface area contributed by atoms with Crippen molar-refractivity contribution in [2.45, 2.75) is 12.8 Å². The maximum absolute atomic E-state index is 11.7. The van der Waals surface area contributed by atoms with Crippen LogP contribution in [0.1, 0.15) is 12.8 Å². The number of unbranched alkanes of at least 4 members (excludes halogenated alkanes) is 1. The minimum absolute atomic E-state index is 0.296. The molecule has 0 unspecified atom stereocenters. The van der Waals surface area contributed by atoms with Crippen molar-refractivity contribution in [1.29, 1.82) is 0 Å². The van der Waals surface area contributed by atoms with Crippen LogP contribution in [0.3, 0.4) is 0 Å². The lowest BCUT2D eigenvalue weighted by Crippen LogP contribution is -2.33. The third kappa shape index (κ3) is 3.47. The largest absolute Gasteiger partial charge is 0.480 e. The number of rotatable bonds is 5. The van der Waals surface area contributed by atoms with Crippen LogP contribution in [-0.2, 0) is 9.59 Å². The second kappa shape index (κ2) is 6.22. The molecule has 1 aliphatic heterocycles. The fraction of sp³-hybridized carbons (Fsp3) is 0.444. The quantitative estimate of drug-likeness (QED) is 0.360. The highest BCUT2D eigenvalue weighted by atomic mass is 35.5. The number of alkyl halides is 1. The Morgan fingerprint density at radius 1 is 1.62 bits per heavy atom. The Balaban J connectivity index is 2.66. The first-order chi connectivity index (χ1) is 7.56. The summed E-state index contributed by atoms with van der Waals surface area (Å²) in [6.45, 7) is -0.377. The van der Waals surface area contributed by atoms with Gasteiger partial charge in [0.25, 0.3) is 5.91 Å². The van der Waals surface area contributed by atoms with Gasteiger partial charge in [-0.15, -0.1) is 11.6 Å². The molecule has 4 nitrogen and oxygen atoms in total. The van der Waals surface area contributed by atoms with Crippen LogP contribution in [0.5, 0.6) is 0 Å². The summed E-state index contributed by atoms with van der Waals surface area (Å²) in [4.78, 5) is 23.8. The van der Waals surface area contributed by atoms with Crippen LogP contribution in [0.4, 0.5) is 0 Å². The van der Waals surface area contributed by atoms with E-state index in [0.29, 0.717) is 21.5 Å². The van der Waals surface area contributed by atoms with Crippen LogP contribution < -0.4 is 0 Å². The van der Waals surface area contributed by atoms with E-state index in [1.807, 2.05) is 0 Å². The highest BCUT2D eigenvalue weighted by Gasteiger charge is 2.32. The number of amides is 1. The number of carbonyl (C=O) groups is 2. The van der Waals surface area contributed by atoms with Gasteiger partial charge < -0.3 is 5.11 Å². The highest BCUT2D eigenvalue weighted by Crippen LogP contribution is 2.31. The smallest absolute Gasteiger partial charge is 0.323 e. The van der Waals surface area contributed by atoms with E-state index in [9.17, 15) is 9.59 Å². The number of aliphatic carboxylic acids is 1. The lowest BCUT2D eigenvalue weighted by atomic mass is 10.3. The van der Waals surface area contributed by atoms with E-state index >= 15 is 0 Å². The van der Waals surface area contributed by atoms with Crippen LogP contribution in [0, 0.1) is 0 Å². The van der Waals surface area contributed by atoms with Gasteiger partial charge in [-0.25, -0.2) is 0 Å². The fourth-order valence-electron chi connectivity index (χ4n) is 1.12. The molecule has 16 heavy (non-hydrogen) atoms. The molecule has 1 rings (SSSR count). The zero-order valence-electron chi connectivity index (χ0n) is 8.31. The molecule has 0 saturated carbocycles. The lowest BCUT2D eigenvalue weighted by molar-refractivity contribution is -0.140. The van der Waals surface area contributed by atoms with Crippen LogP contribution in [0.15, 0.2) is 11.0 Å². The summed E-state index contributed by atoms with van der Waals surface area (Å²) in [6.07, 6.45) is 3.23. The molecular formula is C9H10ClNO3S2. The van der Waals surface area contributed by atoms with Crippen molar-refractivity contribution in [3.8, 4) is 0 Å². The van der Waals surface area contributed by atoms with Crippen molar-refractivity contribution in [3.63, 3.8) is 0 Å². The lowest BCUT2D eigenvalue weighted by Gasteiger charge is -2.10. The van der Waals surface area contributed by atoms with Crippen LogP contribution >= 0.6 is 35.6 Å². The van der Waals surface area contributed by atoms with E-state index in [1.54, 1.807) is 6.08 Å². The average molecular weight is 280 g/mol. The third-order valence-electron chi connectivity index (χ3n) is 1.83. The van der Waals surface area contributed by atoms with Gasteiger partial charge in [0.1, 0.15) is 10.9 Å². The van der Waals surface area contributed by atoms with Crippen LogP contribution in [-0.4, -0.2) is 38.6 Å². The number of thioether (sulfide) groups is 1. The summed E-state index contributed by atoms with van der Waals surface area (Å²) >= 11 is 11.6. The van der Waals surface area contributed by atoms with E-state index in [4.69, 9.17) is 28.9 Å². The summed E-state index contributed by atoms with van der Waals surface area (Å²) in [5.41, 5.74) is 0. The molecule has 1 amide bonds. The molecule has 1 heterocycles. The fourth-order valence-corrected chi connectivity index (χ4v) is 2.54. The van der Waals surface area contributed by atoms with Gasteiger partial charge in [-0.2, -0.15) is 0 Å². The van der Waals surface area contributed by atoms with E-state index in [1.165, 1.54) is 0 Å². The number of carboxylic acid groups (broad SMARTS) is 1. The number of halogens is 1. The zero-order chi connectivity index (χ0) is 12.1. The Morgan fingerprint density at radius 3 is 2.88 bits per heavy atom. The van der Waals surface area contributed by atoms with Crippen molar-refractivity contribution in [1.82, 2.24) is 4.90 Å². The maximum atomic E-state index is 11.7.